The van der Waals surface area contributed by atoms with Crippen LogP contribution in [-0.2, 0) is 9.53 Å². The summed E-state index contributed by atoms with van der Waals surface area (Å²) in [5, 5.41) is 0. The minimum Gasteiger partial charge on any atom is -0.465 e. The van der Waals surface area contributed by atoms with Crippen molar-refractivity contribution in [2.75, 3.05) is 19.7 Å². The van der Waals surface area contributed by atoms with Crippen molar-refractivity contribution in [2.45, 2.75) is 38.3 Å². The van der Waals surface area contributed by atoms with Crippen LogP contribution in [0.25, 0.3) is 0 Å². The quantitative estimate of drug-likeness (QED) is 0.686. The van der Waals surface area contributed by atoms with Crippen molar-refractivity contribution in [1.82, 2.24) is 4.90 Å². The number of ether oxygens (including phenoxy) is 1. The van der Waals surface area contributed by atoms with Crippen LogP contribution in [0.15, 0.2) is 0 Å². The molecule has 0 aromatic carbocycles. The predicted molar refractivity (Wildman–Crippen MR) is 57.3 cm³/mol. The maximum atomic E-state index is 11.4. The van der Waals surface area contributed by atoms with Gasteiger partial charge in [0, 0.05) is 18.6 Å². The van der Waals surface area contributed by atoms with E-state index in [-0.39, 0.29) is 5.97 Å². The molecule has 0 amide bonds. The van der Waals surface area contributed by atoms with Crippen molar-refractivity contribution in [3.05, 3.63) is 0 Å². The van der Waals surface area contributed by atoms with Gasteiger partial charge < -0.3 is 10.5 Å². The first-order valence-electron chi connectivity index (χ1n) is 5.86. The summed E-state index contributed by atoms with van der Waals surface area (Å²) in [5.74, 6) is 0.497. The molecule has 1 aliphatic heterocycles. The van der Waals surface area contributed by atoms with Crippen LogP contribution < -0.4 is 5.73 Å². The average Bonchev–Trinajstić information content (AvgIpc) is 2.52. The smallest absolute Gasteiger partial charge is 0.320 e. The van der Waals surface area contributed by atoms with Crippen molar-refractivity contribution in [2.24, 2.45) is 11.7 Å². The standard InChI is InChI=1S/C11H20N2O2/c1-2-15-11(14)7-13-6-8-5-9(13)3-4-10(8)12/h8-10H,2-7,12H2,1H3. The van der Waals surface area contributed by atoms with Crippen molar-refractivity contribution in [3.8, 4) is 0 Å². The van der Waals surface area contributed by atoms with Gasteiger partial charge in [0.2, 0.25) is 0 Å². The minimum atomic E-state index is -0.0985. The van der Waals surface area contributed by atoms with E-state index >= 15 is 0 Å². The summed E-state index contributed by atoms with van der Waals surface area (Å²) in [6.45, 7) is 3.74. The number of nitrogens with two attached hydrogens (primary N) is 1. The van der Waals surface area contributed by atoms with E-state index in [4.69, 9.17) is 10.5 Å². The summed E-state index contributed by atoms with van der Waals surface area (Å²) in [6.07, 6.45) is 3.41. The Hall–Kier alpha value is -0.610. The Balaban J connectivity index is 1.87. The van der Waals surface area contributed by atoms with Crippen LogP contribution in [0.2, 0.25) is 0 Å². The van der Waals surface area contributed by atoms with Gasteiger partial charge in [0.05, 0.1) is 13.2 Å². The molecule has 1 saturated heterocycles. The second-order valence-corrected chi connectivity index (χ2v) is 4.63. The third kappa shape index (κ3) is 2.32. The lowest BCUT2D eigenvalue weighted by atomic mass is 9.86. The van der Waals surface area contributed by atoms with Crippen molar-refractivity contribution < 1.29 is 9.53 Å². The fourth-order valence-corrected chi connectivity index (χ4v) is 2.82. The van der Waals surface area contributed by atoms with Gasteiger partial charge in [-0.15, -0.1) is 0 Å². The fraction of sp³-hybridized carbons (Fsp3) is 0.909. The zero-order valence-corrected chi connectivity index (χ0v) is 9.32. The number of fused-ring (bicyclic) bond motifs is 2. The molecular formula is C11H20N2O2. The Morgan fingerprint density at radius 1 is 1.53 bits per heavy atom. The predicted octanol–water partition coefficient (Wildman–Crippen LogP) is 0.361. The Morgan fingerprint density at radius 2 is 2.33 bits per heavy atom. The lowest BCUT2D eigenvalue weighted by molar-refractivity contribution is -0.144. The van der Waals surface area contributed by atoms with E-state index in [1.54, 1.807) is 0 Å². The van der Waals surface area contributed by atoms with Gasteiger partial charge in [0.1, 0.15) is 0 Å². The monoisotopic (exact) mass is 212 g/mol. The maximum Gasteiger partial charge on any atom is 0.320 e. The number of carbonyl (C=O) groups excluding carboxylic acids is 1. The zero-order chi connectivity index (χ0) is 10.8. The van der Waals surface area contributed by atoms with E-state index in [2.05, 4.69) is 4.90 Å². The van der Waals surface area contributed by atoms with Crippen LogP contribution in [0.1, 0.15) is 26.2 Å². The van der Waals surface area contributed by atoms with Crippen LogP contribution in [-0.4, -0.2) is 42.6 Å². The highest BCUT2D eigenvalue weighted by molar-refractivity contribution is 5.71. The molecule has 3 atom stereocenters. The third-order valence-electron chi connectivity index (χ3n) is 3.64. The molecule has 86 valence electrons. The first-order valence-corrected chi connectivity index (χ1v) is 5.86. The Kier molecular flexibility index (Phi) is 3.26. The molecule has 0 radical (unpaired) electrons. The molecule has 15 heavy (non-hydrogen) atoms. The first kappa shape index (κ1) is 10.9. The number of rotatable bonds is 3. The number of hydrogen-bond donors (Lipinski definition) is 1. The molecule has 2 bridgehead atoms. The van der Waals surface area contributed by atoms with Gasteiger partial charge in [-0.3, -0.25) is 9.69 Å². The summed E-state index contributed by atoms with van der Waals surface area (Å²) in [6, 6.07) is 0.910. The summed E-state index contributed by atoms with van der Waals surface area (Å²) in [5.41, 5.74) is 6.03. The number of carbonyl (C=O) groups is 1. The van der Waals surface area contributed by atoms with Crippen LogP contribution >= 0.6 is 0 Å². The molecule has 1 heterocycles. The Morgan fingerprint density at radius 3 is 3.00 bits per heavy atom. The van der Waals surface area contributed by atoms with E-state index in [1.165, 1.54) is 6.42 Å². The minimum absolute atomic E-state index is 0.0985. The molecule has 2 N–H and O–H groups in total. The summed E-state index contributed by atoms with van der Waals surface area (Å²) in [7, 11) is 0. The second-order valence-electron chi connectivity index (χ2n) is 4.63. The highest BCUT2D eigenvalue weighted by Crippen LogP contribution is 2.34. The van der Waals surface area contributed by atoms with Gasteiger partial charge in [0.15, 0.2) is 0 Å². The van der Waals surface area contributed by atoms with E-state index in [0.717, 1.165) is 19.4 Å². The molecule has 3 unspecified atom stereocenters. The van der Waals surface area contributed by atoms with Crippen LogP contribution in [0, 0.1) is 5.92 Å². The Bertz CT molecular complexity index is 245. The summed E-state index contributed by atoms with van der Waals surface area (Å²) in [4.78, 5) is 13.6. The molecule has 0 spiro atoms. The van der Waals surface area contributed by atoms with Crippen molar-refractivity contribution in [1.29, 1.82) is 0 Å². The first-order chi connectivity index (χ1) is 7.20. The molecule has 0 aromatic rings. The molecule has 1 saturated carbocycles. The molecular weight excluding hydrogens is 192 g/mol. The Labute approximate surface area is 90.8 Å². The van der Waals surface area contributed by atoms with Gasteiger partial charge in [-0.2, -0.15) is 0 Å². The fourth-order valence-electron chi connectivity index (χ4n) is 2.82. The van der Waals surface area contributed by atoms with Gasteiger partial charge in [0.25, 0.3) is 0 Å². The third-order valence-corrected chi connectivity index (χ3v) is 3.64. The molecule has 4 heteroatoms. The molecule has 0 aromatic heterocycles. The highest BCUT2D eigenvalue weighted by Gasteiger charge is 2.39. The molecule has 4 nitrogen and oxygen atoms in total. The maximum absolute atomic E-state index is 11.4. The largest absolute Gasteiger partial charge is 0.465 e. The molecule has 1 aliphatic carbocycles. The molecule has 2 rings (SSSR count). The van der Waals surface area contributed by atoms with Crippen LogP contribution in [0.4, 0.5) is 0 Å². The van der Waals surface area contributed by atoms with E-state index in [9.17, 15) is 4.79 Å². The molecule has 2 aliphatic rings. The SMILES string of the molecule is CCOC(=O)CN1CC2CC1CCC2N. The van der Waals surface area contributed by atoms with Crippen LogP contribution in [0.5, 0.6) is 0 Å². The zero-order valence-electron chi connectivity index (χ0n) is 9.32. The topological polar surface area (TPSA) is 55.6 Å². The number of esters is 1. The second kappa shape index (κ2) is 4.49. The number of likely N-dealkylation sites (tertiary alicyclic amines) is 1. The van der Waals surface area contributed by atoms with Crippen molar-refractivity contribution >= 4 is 5.97 Å². The van der Waals surface area contributed by atoms with Gasteiger partial charge in [-0.05, 0) is 32.1 Å². The lowest BCUT2D eigenvalue weighted by Gasteiger charge is -2.25. The van der Waals surface area contributed by atoms with Gasteiger partial charge >= 0.3 is 5.97 Å². The molecule has 2 fully saturated rings. The summed E-state index contributed by atoms with van der Waals surface area (Å²) >= 11 is 0. The highest BCUT2D eigenvalue weighted by atomic mass is 16.5. The van der Waals surface area contributed by atoms with E-state index in [1.807, 2.05) is 6.92 Å². The summed E-state index contributed by atoms with van der Waals surface area (Å²) < 4.78 is 4.97. The van der Waals surface area contributed by atoms with Gasteiger partial charge in [-0.1, -0.05) is 0 Å². The number of nitrogens with zero attached hydrogens (tertiary/aromatic N) is 1. The number of hydrogen-bond acceptors (Lipinski definition) is 4. The average molecular weight is 212 g/mol. The van der Waals surface area contributed by atoms with Gasteiger partial charge in [-0.25, -0.2) is 0 Å². The van der Waals surface area contributed by atoms with Crippen LogP contribution in [0.3, 0.4) is 0 Å². The normalized spacial score (nSPS) is 35.5. The van der Waals surface area contributed by atoms with Crippen molar-refractivity contribution in [3.63, 3.8) is 0 Å². The van der Waals surface area contributed by atoms with E-state index < -0.39 is 0 Å². The lowest BCUT2D eigenvalue weighted by Crippen LogP contribution is -2.35. The van der Waals surface area contributed by atoms with E-state index in [0.29, 0.717) is 31.2 Å².